The molecule has 4 nitrogen and oxygen atoms in total. The molecule has 0 fully saturated rings. The summed E-state index contributed by atoms with van der Waals surface area (Å²) >= 11 is 6.09. The molecule has 0 aliphatic carbocycles. The zero-order chi connectivity index (χ0) is 9.10. The normalized spacial score (nSPS) is 10.2. The van der Waals surface area contributed by atoms with Crippen LogP contribution in [0.15, 0.2) is 32.7 Å². The lowest BCUT2D eigenvalue weighted by Crippen LogP contribution is -1.81. The van der Waals surface area contributed by atoms with E-state index in [1.165, 1.54) is 35.9 Å². The Hall–Kier alpha value is -0.530. The van der Waals surface area contributed by atoms with Gasteiger partial charge in [0.05, 0.1) is 0 Å². The predicted octanol–water partition coefficient (Wildman–Crippen LogP) is 2.24. The first kappa shape index (κ1) is 9.04. The molecule has 7 heteroatoms. The molecule has 66 valence electrons. The van der Waals surface area contributed by atoms with Gasteiger partial charge in [0.2, 0.25) is 0 Å². The van der Waals surface area contributed by atoms with Crippen molar-refractivity contribution in [3.8, 4) is 0 Å². The third-order valence-electron chi connectivity index (χ3n) is 1.14. The van der Waals surface area contributed by atoms with Gasteiger partial charge in [0.1, 0.15) is 22.3 Å². The third kappa shape index (κ3) is 2.45. The van der Waals surface area contributed by atoms with Crippen LogP contribution in [0.3, 0.4) is 0 Å². The van der Waals surface area contributed by atoms with Gasteiger partial charge >= 0.3 is 0 Å². The Balaban J connectivity index is 2.19. The van der Waals surface area contributed by atoms with Crippen LogP contribution in [0.5, 0.6) is 0 Å². The Bertz CT molecular complexity index is 391. The maximum absolute atomic E-state index is 4.08. The van der Waals surface area contributed by atoms with Crippen LogP contribution in [0.2, 0.25) is 0 Å². The van der Waals surface area contributed by atoms with E-state index in [2.05, 4.69) is 35.3 Å². The van der Waals surface area contributed by atoms with Gasteiger partial charge < -0.3 is 0 Å². The molecule has 0 bridgehead atoms. The highest BCUT2D eigenvalue weighted by molar-refractivity contribution is 9.10. The van der Waals surface area contributed by atoms with Crippen molar-refractivity contribution in [1.29, 1.82) is 0 Å². The van der Waals surface area contributed by atoms with Crippen LogP contribution in [-0.2, 0) is 0 Å². The van der Waals surface area contributed by atoms with Crippen molar-refractivity contribution >= 4 is 39.2 Å². The summed E-state index contributed by atoms with van der Waals surface area (Å²) < 4.78 is 5.55. The highest BCUT2D eigenvalue weighted by Crippen LogP contribution is 2.26. The predicted molar refractivity (Wildman–Crippen MR) is 53.8 cm³/mol. The van der Waals surface area contributed by atoms with Crippen LogP contribution in [-0.4, -0.2) is 19.3 Å². The van der Waals surface area contributed by atoms with E-state index < -0.39 is 0 Å². The molecule has 0 atom stereocenters. The summed E-state index contributed by atoms with van der Waals surface area (Å²) in [6.45, 7) is 0. The first-order chi connectivity index (χ1) is 6.34. The van der Waals surface area contributed by atoms with E-state index in [0.717, 1.165) is 14.0 Å². The number of aromatic nitrogens is 4. The molecule has 2 aromatic heterocycles. The quantitative estimate of drug-likeness (QED) is 0.787. The van der Waals surface area contributed by atoms with Gasteiger partial charge in [-0.25, -0.2) is 15.0 Å². The molecular formula is C6H3BrN4S2. The smallest absolute Gasteiger partial charge is 0.175 e. The summed E-state index contributed by atoms with van der Waals surface area (Å²) in [5.41, 5.74) is 0. The van der Waals surface area contributed by atoms with Crippen LogP contribution >= 0.6 is 39.2 Å². The number of hydrogen-bond donors (Lipinski definition) is 0. The van der Waals surface area contributed by atoms with Gasteiger partial charge in [-0.2, -0.15) is 4.37 Å². The van der Waals surface area contributed by atoms with Crippen molar-refractivity contribution in [2.75, 3.05) is 0 Å². The summed E-state index contributed by atoms with van der Waals surface area (Å²) in [4.78, 5) is 12.0. The van der Waals surface area contributed by atoms with Gasteiger partial charge in [-0.15, -0.1) is 0 Å². The molecule has 0 saturated carbocycles. The highest BCUT2D eigenvalue weighted by Gasteiger charge is 2.02. The first-order valence-electron chi connectivity index (χ1n) is 3.26. The molecule has 0 amide bonds. The Kier molecular flexibility index (Phi) is 2.87. The second-order valence-corrected chi connectivity index (χ2v) is 4.85. The minimum atomic E-state index is 0.773. The van der Waals surface area contributed by atoms with Crippen LogP contribution in [0, 0.1) is 0 Å². The number of rotatable bonds is 2. The maximum Gasteiger partial charge on any atom is 0.175 e. The topological polar surface area (TPSA) is 51.6 Å². The van der Waals surface area contributed by atoms with E-state index in [-0.39, 0.29) is 0 Å². The van der Waals surface area contributed by atoms with Crippen LogP contribution < -0.4 is 0 Å². The van der Waals surface area contributed by atoms with E-state index >= 15 is 0 Å². The molecule has 13 heavy (non-hydrogen) atoms. The zero-order valence-corrected chi connectivity index (χ0v) is 9.43. The molecule has 0 aromatic carbocycles. The molecule has 0 N–H and O–H groups in total. The summed E-state index contributed by atoms with van der Waals surface area (Å²) in [5.74, 6) is 0. The summed E-state index contributed by atoms with van der Waals surface area (Å²) in [6, 6.07) is 1.84. The Morgan fingerprint density at radius 2 is 2.15 bits per heavy atom. The number of hydrogen-bond acceptors (Lipinski definition) is 6. The standard InChI is InChI=1S/C6H3BrN4S2/c7-4-1-5(9-2-8-4)12-6-10-3-11-13-6/h1-3H. The molecule has 2 rings (SSSR count). The SMILES string of the molecule is Brc1cc(Sc2ncns2)ncn1. The fraction of sp³-hybridized carbons (Fsp3) is 0. The average molecular weight is 275 g/mol. The molecule has 0 radical (unpaired) electrons. The van der Waals surface area contributed by atoms with Gasteiger partial charge in [-0.05, 0) is 39.2 Å². The summed E-state index contributed by atoms with van der Waals surface area (Å²) in [5, 5.41) is 0.860. The number of nitrogens with zero attached hydrogens (tertiary/aromatic N) is 4. The lowest BCUT2D eigenvalue weighted by Gasteiger charge is -1.94. The highest BCUT2D eigenvalue weighted by atomic mass is 79.9. The molecule has 0 aliphatic heterocycles. The van der Waals surface area contributed by atoms with E-state index in [4.69, 9.17) is 0 Å². The van der Waals surface area contributed by atoms with Crippen molar-refractivity contribution in [3.05, 3.63) is 23.3 Å². The third-order valence-corrected chi connectivity index (χ3v) is 3.22. The second-order valence-electron chi connectivity index (χ2n) is 1.99. The molecule has 0 unspecified atom stereocenters. The fourth-order valence-electron chi connectivity index (χ4n) is 0.671. The van der Waals surface area contributed by atoms with E-state index in [1.807, 2.05) is 6.07 Å². The molecular weight excluding hydrogens is 272 g/mol. The fourth-order valence-corrected chi connectivity index (χ4v) is 2.49. The average Bonchev–Trinajstić information content (AvgIpc) is 2.57. The minimum Gasteiger partial charge on any atom is -0.230 e. The van der Waals surface area contributed by atoms with Crippen molar-refractivity contribution in [1.82, 2.24) is 19.3 Å². The summed E-state index contributed by atoms with van der Waals surface area (Å²) in [6.07, 6.45) is 3.04. The van der Waals surface area contributed by atoms with Crippen molar-refractivity contribution in [3.63, 3.8) is 0 Å². The van der Waals surface area contributed by atoms with Crippen molar-refractivity contribution in [2.24, 2.45) is 0 Å². The van der Waals surface area contributed by atoms with Crippen LogP contribution in [0.1, 0.15) is 0 Å². The van der Waals surface area contributed by atoms with E-state index in [1.54, 1.807) is 0 Å². The molecule has 0 saturated heterocycles. The Labute approximate surface area is 91.1 Å². The Morgan fingerprint density at radius 3 is 2.85 bits per heavy atom. The zero-order valence-electron chi connectivity index (χ0n) is 6.22. The minimum absolute atomic E-state index is 0.773. The van der Waals surface area contributed by atoms with Crippen molar-refractivity contribution < 1.29 is 0 Å². The molecule has 0 aliphatic rings. The number of halogens is 1. The summed E-state index contributed by atoms with van der Waals surface area (Å²) in [7, 11) is 0. The van der Waals surface area contributed by atoms with Crippen LogP contribution in [0.25, 0.3) is 0 Å². The van der Waals surface area contributed by atoms with Gasteiger partial charge in [0, 0.05) is 6.07 Å². The van der Waals surface area contributed by atoms with Gasteiger partial charge in [0.25, 0.3) is 0 Å². The lowest BCUT2D eigenvalue weighted by atomic mass is 10.7. The van der Waals surface area contributed by atoms with E-state index in [9.17, 15) is 0 Å². The molecule has 2 heterocycles. The van der Waals surface area contributed by atoms with Crippen molar-refractivity contribution in [2.45, 2.75) is 9.37 Å². The van der Waals surface area contributed by atoms with Crippen LogP contribution in [0.4, 0.5) is 0 Å². The van der Waals surface area contributed by atoms with Gasteiger partial charge in [0.15, 0.2) is 4.34 Å². The molecule has 2 aromatic rings. The van der Waals surface area contributed by atoms with Gasteiger partial charge in [-0.1, -0.05) is 0 Å². The molecule has 0 spiro atoms. The largest absolute Gasteiger partial charge is 0.230 e. The monoisotopic (exact) mass is 274 g/mol. The maximum atomic E-state index is 4.08. The van der Waals surface area contributed by atoms with E-state index in [0.29, 0.717) is 0 Å². The lowest BCUT2D eigenvalue weighted by molar-refractivity contribution is 1.02. The van der Waals surface area contributed by atoms with Gasteiger partial charge in [-0.3, -0.25) is 0 Å². The Morgan fingerprint density at radius 1 is 1.23 bits per heavy atom. The second kappa shape index (κ2) is 4.12. The first-order valence-corrected chi connectivity index (χ1v) is 5.65.